The average molecular weight is 407 g/mol. The third-order valence-corrected chi connectivity index (χ3v) is 12.1. The Balaban J connectivity index is 1.65. The fraction of sp³-hybridized carbons (Fsp3) is 0.538. The largest absolute Gasteiger partial charge is 0.135 e. The molecule has 2 aromatic carbocycles. The van der Waals surface area contributed by atoms with Crippen LogP contribution in [0.4, 0.5) is 0 Å². The van der Waals surface area contributed by atoms with Crippen molar-refractivity contribution in [1.82, 2.24) is 0 Å². The lowest BCUT2D eigenvalue weighted by atomic mass is 9.47. The van der Waals surface area contributed by atoms with Gasteiger partial charge in [-0.2, -0.15) is 0 Å². The van der Waals surface area contributed by atoms with Gasteiger partial charge in [0.05, 0.1) is 8.83 Å². The van der Waals surface area contributed by atoms with Crippen molar-refractivity contribution < 1.29 is 0 Å². The Morgan fingerprint density at radius 2 is 1.11 bits per heavy atom. The van der Waals surface area contributed by atoms with Crippen LogP contribution in [0.15, 0.2) is 60.7 Å². The number of benzene rings is 2. The van der Waals surface area contributed by atoms with E-state index >= 15 is 0 Å². The van der Waals surface area contributed by atoms with Gasteiger partial charge in [-0.15, -0.1) is 23.5 Å². The number of thioether (sulfide) groups is 2. The van der Waals surface area contributed by atoms with Gasteiger partial charge in [0, 0.05) is 4.75 Å². The van der Waals surface area contributed by atoms with E-state index in [-0.39, 0.29) is 8.83 Å². The van der Waals surface area contributed by atoms with Crippen LogP contribution >= 0.6 is 23.5 Å². The summed E-state index contributed by atoms with van der Waals surface area (Å²) in [6.45, 7) is 4.98. The zero-order valence-corrected chi connectivity index (χ0v) is 18.6. The highest BCUT2D eigenvalue weighted by Gasteiger charge is 2.72. The van der Waals surface area contributed by atoms with E-state index < -0.39 is 0 Å². The predicted octanol–water partition coefficient (Wildman–Crippen LogP) is 7.34. The topological polar surface area (TPSA) is 0 Å². The molecule has 0 aromatic heterocycles. The molecule has 5 fully saturated rings. The number of hydrogen-bond donors (Lipinski definition) is 0. The molecule has 1 heterocycles. The van der Waals surface area contributed by atoms with Crippen molar-refractivity contribution in [2.24, 2.45) is 23.7 Å². The van der Waals surface area contributed by atoms with E-state index in [1.54, 1.807) is 0 Å². The summed E-state index contributed by atoms with van der Waals surface area (Å²) in [4.78, 5) is 0. The van der Waals surface area contributed by atoms with Crippen molar-refractivity contribution in [2.75, 3.05) is 0 Å². The quantitative estimate of drug-likeness (QED) is 0.511. The molecule has 0 nitrogen and oxygen atoms in total. The van der Waals surface area contributed by atoms with Gasteiger partial charge in [-0.1, -0.05) is 60.7 Å². The summed E-state index contributed by atoms with van der Waals surface area (Å²) < 4.78 is 0.630. The van der Waals surface area contributed by atoms with Gasteiger partial charge in [-0.3, -0.25) is 0 Å². The molecule has 146 valence electrons. The van der Waals surface area contributed by atoms with Crippen molar-refractivity contribution in [3.05, 3.63) is 71.8 Å². The first-order chi connectivity index (χ1) is 13.5. The molecule has 0 N–H and O–H groups in total. The van der Waals surface area contributed by atoms with Crippen LogP contribution in [0.1, 0.15) is 57.1 Å². The fourth-order valence-corrected chi connectivity index (χ4v) is 12.5. The van der Waals surface area contributed by atoms with Gasteiger partial charge >= 0.3 is 0 Å². The maximum atomic E-state index is 2.49. The molecule has 7 rings (SSSR count). The second-order valence-corrected chi connectivity index (χ2v) is 14.1. The molecule has 4 aliphatic carbocycles. The zero-order valence-electron chi connectivity index (χ0n) is 16.9. The van der Waals surface area contributed by atoms with Crippen molar-refractivity contribution in [1.29, 1.82) is 0 Å². The van der Waals surface area contributed by atoms with Gasteiger partial charge in [0.1, 0.15) is 0 Å². The highest BCUT2D eigenvalue weighted by molar-refractivity contribution is 8.22. The van der Waals surface area contributed by atoms with Gasteiger partial charge in [-0.25, -0.2) is 0 Å². The van der Waals surface area contributed by atoms with Crippen LogP contribution in [0, 0.1) is 23.7 Å². The van der Waals surface area contributed by atoms with Crippen LogP contribution < -0.4 is 0 Å². The second kappa shape index (κ2) is 6.08. The summed E-state index contributed by atoms with van der Waals surface area (Å²) in [5, 5.41) is 0. The van der Waals surface area contributed by atoms with Gasteiger partial charge < -0.3 is 0 Å². The number of rotatable bonds is 2. The second-order valence-electron chi connectivity index (χ2n) is 10.1. The summed E-state index contributed by atoms with van der Waals surface area (Å²) in [7, 11) is 0. The molecular formula is C26H30S2. The third-order valence-electron chi connectivity index (χ3n) is 8.08. The SMILES string of the molecule is CC1(C)SC(c2ccccc2)(c2ccccc2)C2(S1)C1CC3CC(C1)CC2C3. The molecule has 28 heavy (non-hydrogen) atoms. The molecule has 0 atom stereocenters. The Hall–Kier alpha value is -0.860. The summed E-state index contributed by atoms with van der Waals surface area (Å²) in [5.41, 5.74) is 3.08. The summed E-state index contributed by atoms with van der Waals surface area (Å²) in [5.74, 6) is 3.74. The molecule has 0 amide bonds. The molecule has 4 saturated carbocycles. The maximum Gasteiger partial charge on any atom is 0.0823 e. The Morgan fingerprint density at radius 3 is 1.57 bits per heavy atom. The van der Waals surface area contributed by atoms with Crippen LogP contribution in [0.2, 0.25) is 0 Å². The Labute approximate surface area is 178 Å². The normalized spacial score (nSPS) is 39.5. The Kier molecular flexibility index (Phi) is 3.90. The number of hydrogen-bond acceptors (Lipinski definition) is 2. The third kappa shape index (κ3) is 2.28. The highest BCUT2D eigenvalue weighted by Crippen LogP contribution is 2.80. The molecule has 2 heteroatoms. The van der Waals surface area contributed by atoms with Crippen molar-refractivity contribution >= 4 is 23.5 Å². The van der Waals surface area contributed by atoms with Gasteiger partial charge in [-0.05, 0) is 80.8 Å². The fourth-order valence-electron chi connectivity index (χ4n) is 7.66. The van der Waals surface area contributed by atoms with Gasteiger partial charge in [0.25, 0.3) is 0 Å². The summed E-state index contributed by atoms with van der Waals surface area (Å²) in [6, 6.07) is 23.1. The average Bonchev–Trinajstić information content (AvgIpc) is 2.96. The summed E-state index contributed by atoms with van der Waals surface area (Å²) >= 11 is 4.63. The first-order valence-corrected chi connectivity index (χ1v) is 12.7. The summed E-state index contributed by atoms with van der Waals surface area (Å²) in [6.07, 6.45) is 7.40. The van der Waals surface area contributed by atoms with Crippen molar-refractivity contribution in [2.45, 2.75) is 59.5 Å². The smallest absolute Gasteiger partial charge is 0.0823 e. The molecule has 1 spiro atoms. The molecule has 1 saturated heterocycles. The lowest BCUT2D eigenvalue weighted by Crippen LogP contribution is -2.63. The first-order valence-electron chi connectivity index (χ1n) is 11.0. The van der Waals surface area contributed by atoms with Crippen molar-refractivity contribution in [3.63, 3.8) is 0 Å². The van der Waals surface area contributed by atoms with E-state index in [4.69, 9.17) is 0 Å². The highest BCUT2D eigenvalue weighted by atomic mass is 32.2. The van der Waals surface area contributed by atoms with Crippen molar-refractivity contribution in [3.8, 4) is 0 Å². The van der Waals surface area contributed by atoms with Crippen LogP contribution in [0.3, 0.4) is 0 Å². The van der Waals surface area contributed by atoms with E-state index in [9.17, 15) is 0 Å². The molecular weight excluding hydrogens is 376 g/mol. The molecule has 1 aliphatic heterocycles. The van der Waals surface area contributed by atoms with E-state index in [0.717, 1.165) is 23.7 Å². The van der Waals surface area contributed by atoms with E-state index in [1.165, 1.54) is 43.2 Å². The molecule has 4 bridgehead atoms. The first kappa shape index (κ1) is 18.0. The standard InChI is InChI=1S/C26H30S2/c1-24(2)27-25(20-9-5-3-6-10-20,21-11-7-4-8-12-21)26(28-24)22-14-18-13-19(16-22)17-23(26)15-18/h3-12,18-19,22-23H,13-17H2,1-2H3. The van der Waals surface area contributed by atoms with Crippen LogP contribution in [-0.4, -0.2) is 8.83 Å². The van der Waals surface area contributed by atoms with Crippen LogP contribution in [0.25, 0.3) is 0 Å². The van der Waals surface area contributed by atoms with E-state index in [0.29, 0.717) is 4.75 Å². The lowest BCUT2D eigenvalue weighted by Gasteiger charge is -2.64. The van der Waals surface area contributed by atoms with Crippen LogP contribution in [0.5, 0.6) is 0 Å². The lowest BCUT2D eigenvalue weighted by molar-refractivity contribution is -0.0264. The van der Waals surface area contributed by atoms with Gasteiger partial charge in [0.2, 0.25) is 0 Å². The molecule has 0 radical (unpaired) electrons. The van der Waals surface area contributed by atoms with Crippen LogP contribution in [-0.2, 0) is 4.75 Å². The molecule has 2 aromatic rings. The minimum absolute atomic E-state index is 0.0618. The van der Waals surface area contributed by atoms with Gasteiger partial charge in [0.15, 0.2) is 0 Å². The monoisotopic (exact) mass is 406 g/mol. The van der Waals surface area contributed by atoms with E-state index in [1.807, 2.05) is 0 Å². The Morgan fingerprint density at radius 1 is 0.643 bits per heavy atom. The maximum absolute atomic E-state index is 2.49. The van der Waals surface area contributed by atoms with E-state index in [2.05, 4.69) is 98.0 Å². The minimum Gasteiger partial charge on any atom is -0.135 e. The molecule has 5 aliphatic rings. The predicted molar refractivity (Wildman–Crippen MR) is 123 cm³/mol. The Bertz CT molecular complexity index is 802. The minimum atomic E-state index is 0.0618. The molecule has 0 unspecified atom stereocenters. The zero-order chi connectivity index (χ0) is 19.0.